The Labute approximate surface area is 111 Å². The zero-order chi connectivity index (χ0) is 14.2. The molecule has 1 saturated heterocycles. The highest BCUT2D eigenvalue weighted by molar-refractivity contribution is 5.86. The highest BCUT2D eigenvalue weighted by Gasteiger charge is 2.30. The lowest BCUT2D eigenvalue weighted by Crippen LogP contribution is -2.34. The summed E-state index contributed by atoms with van der Waals surface area (Å²) in [5.74, 6) is -2.40. The predicted octanol–water partition coefficient (Wildman–Crippen LogP) is 3.60. The molecule has 0 aromatic heterocycles. The topological polar surface area (TPSA) is 29.1 Å². The molecule has 1 aliphatic rings. The van der Waals surface area contributed by atoms with E-state index in [2.05, 4.69) is 11.9 Å². The lowest BCUT2D eigenvalue weighted by atomic mass is 9.87. The highest BCUT2D eigenvalue weighted by Crippen LogP contribution is 2.32. The zero-order valence-corrected chi connectivity index (χ0v) is 11.1. The SMILES string of the molecule is C=C1CC[C@H](c2c(F)cc(C(C)C)cc2F)C(=O)N1. The van der Waals surface area contributed by atoms with Gasteiger partial charge in [-0.3, -0.25) is 4.79 Å². The minimum absolute atomic E-state index is 0.0398. The molecule has 1 amide bonds. The largest absolute Gasteiger partial charge is 0.330 e. The van der Waals surface area contributed by atoms with Crippen molar-refractivity contribution in [3.05, 3.63) is 47.2 Å². The molecule has 0 radical (unpaired) electrons. The van der Waals surface area contributed by atoms with E-state index in [0.29, 0.717) is 24.1 Å². The van der Waals surface area contributed by atoms with Crippen molar-refractivity contribution in [3.8, 4) is 0 Å². The molecule has 1 aromatic rings. The van der Waals surface area contributed by atoms with E-state index >= 15 is 0 Å². The van der Waals surface area contributed by atoms with Crippen molar-refractivity contribution in [1.29, 1.82) is 0 Å². The fourth-order valence-corrected chi connectivity index (χ4v) is 2.32. The van der Waals surface area contributed by atoms with E-state index in [1.54, 1.807) is 0 Å². The Morgan fingerprint density at radius 1 is 1.32 bits per heavy atom. The van der Waals surface area contributed by atoms with E-state index in [-0.39, 0.29) is 17.4 Å². The summed E-state index contributed by atoms with van der Waals surface area (Å²) >= 11 is 0. The molecule has 102 valence electrons. The molecule has 0 spiro atoms. The number of allylic oxidation sites excluding steroid dienone is 1. The quantitative estimate of drug-likeness (QED) is 0.869. The Morgan fingerprint density at radius 2 is 1.89 bits per heavy atom. The third kappa shape index (κ3) is 2.67. The van der Waals surface area contributed by atoms with E-state index in [1.807, 2.05) is 13.8 Å². The predicted molar refractivity (Wildman–Crippen MR) is 69.7 cm³/mol. The first-order valence-electron chi connectivity index (χ1n) is 6.37. The monoisotopic (exact) mass is 265 g/mol. The van der Waals surface area contributed by atoms with Crippen LogP contribution < -0.4 is 5.32 Å². The summed E-state index contributed by atoms with van der Waals surface area (Å²) in [5.41, 5.74) is 1.06. The third-order valence-electron chi connectivity index (χ3n) is 3.47. The fraction of sp³-hybridized carbons (Fsp3) is 0.400. The van der Waals surface area contributed by atoms with Crippen molar-refractivity contribution in [3.63, 3.8) is 0 Å². The van der Waals surface area contributed by atoms with Gasteiger partial charge in [0, 0.05) is 11.3 Å². The summed E-state index contributed by atoms with van der Waals surface area (Å²) in [4.78, 5) is 11.8. The fourth-order valence-electron chi connectivity index (χ4n) is 2.32. The molecular formula is C15H17F2NO. The summed E-state index contributed by atoms with van der Waals surface area (Å²) < 4.78 is 28.2. The van der Waals surface area contributed by atoms with Crippen LogP contribution in [0.5, 0.6) is 0 Å². The first kappa shape index (κ1) is 13.7. The second-order valence-electron chi connectivity index (χ2n) is 5.24. The Balaban J connectivity index is 2.40. The van der Waals surface area contributed by atoms with Gasteiger partial charge in [0.15, 0.2) is 0 Å². The number of piperidine rings is 1. The number of rotatable bonds is 2. The molecule has 1 heterocycles. The Morgan fingerprint density at radius 3 is 2.37 bits per heavy atom. The number of carbonyl (C=O) groups is 1. The summed E-state index contributed by atoms with van der Waals surface area (Å²) in [5, 5.41) is 2.55. The summed E-state index contributed by atoms with van der Waals surface area (Å²) in [6.45, 7) is 7.39. The van der Waals surface area contributed by atoms with Crippen molar-refractivity contribution < 1.29 is 13.6 Å². The van der Waals surface area contributed by atoms with Crippen LogP contribution in [0.15, 0.2) is 24.4 Å². The van der Waals surface area contributed by atoms with Gasteiger partial charge >= 0.3 is 0 Å². The number of carbonyl (C=O) groups excluding carboxylic acids is 1. The van der Waals surface area contributed by atoms with Crippen LogP contribution in [0, 0.1) is 11.6 Å². The van der Waals surface area contributed by atoms with Crippen molar-refractivity contribution in [1.82, 2.24) is 5.32 Å². The van der Waals surface area contributed by atoms with Crippen molar-refractivity contribution in [2.45, 2.75) is 38.5 Å². The minimum atomic E-state index is -0.772. The average molecular weight is 265 g/mol. The molecule has 4 heteroatoms. The molecule has 0 unspecified atom stereocenters. The number of halogens is 2. The van der Waals surface area contributed by atoms with Gasteiger partial charge in [-0.25, -0.2) is 8.78 Å². The highest BCUT2D eigenvalue weighted by atomic mass is 19.1. The first-order valence-corrected chi connectivity index (χ1v) is 6.37. The van der Waals surface area contributed by atoms with Crippen LogP contribution in [-0.4, -0.2) is 5.91 Å². The Bertz CT molecular complexity index is 514. The lowest BCUT2D eigenvalue weighted by Gasteiger charge is -2.24. The molecule has 0 saturated carbocycles. The standard InChI is InChI=1S/C15H17F2NO/c1-8(2)10-6-12(16)14(13(17)7-10)11-5-4-9(3)18-15(11)19/h6-8,11H,3-5H2,1-2H3,(H,18,19)/t11-/m1/s1. The molecule has 19 heavy (non-hydrogen) atoms. The van der Waals surface area contributed by atoms with E-state index in [9.17, 15) is 13.6 Å². The van der Waals surface area contributed by atoms with Gasteiger partial charge in [-0.2, -0.15) is 0 Å². The normalized spacial score (nSPS) is 19.7. The molecule has 1 N–H and O–H groups in total. The second kappa shape index (κ2) is 5.11. The van der Waals surface area contributed by atoms with Gasteiger partial charge < -0.3 is 5.32 Å². The summed E-state index contributed by atoms with van der Waals surface area (Å²) in [6, 6.07) is 2.64. The van der Waals surface area contributed by atoms with E-state index in [1.165, 1.54) is 12.1 Å². The van der Waals surface area contributed by atoms with E-state index in [4.69, 9.17) is 0 Å². The first-order chi connectivity index (χ1) is 8.90. The molecular weight excluding hydrogens is 248 g/mol. The molecule has 2 nitrogen and oxygen atoms in total. The maximum absolute atomic E-state index is 14.1. The molecule has 0 bridgehead atoms. The van der Waals surface area contributed by atoms with Gasteiger partial charge in [0.1, 0.15) is 11.6 Å². The molecule has 1 fully saturated rings. The van der Waals surface area contributed by atoms with Gasteiger partial charge in [0.25, 0.3) is 0 Å². The van der Waals surface area contributed by atoms with Crippen LogP contribution >= 0.6 is 0 Å². The molecule has 0 aliphatic carbocycles. The maximum Gasteiger partial charge on any atom is 0.231 e. The lowest BCUT2D eigenvalue weighted by molar-refractivity contribution is -0.123. The van der Waals surface area contributed by atoms with Crippen molar-refractivity contribution in [2.24, 2.45) is 0 Å². The number of nitrogens with one attached hydrogen (secondary N) is 1. The van der Waals surface area contributed by atoms with Crippen LogP contribution in [0.4, 0.5) is 8.78 Å². The van der Waals surface area contributed by atoms with Crippen LogP contribution in [0.2, 0.25) is 0 Å². The van der Waals surface area contributed by atoms with Crippen LogP contribution in [0.3, 0.4) is 0 Å². The van der Waals surface area contributed by atoms with Gasteiger partial charge in [-0.15, -0.1) is 0 Å². The van der Waals surface area contributed by atoms with Crippen molar-refractivity contribution in [2.75, 3.05) is 0 Å². The van der Waals surface area contributed by atoms with Crippen LogP contribution in [0.1, 0.15) is 49.7 Å². The second-order valence-corrected chi connectivity index (χ2v) is 5.24. The van der Waals surface area contributed by atoms with E-state index < -0.39 is 17.6 Å². The Hall–Kier alpha value is -1.71. The molecule has 1 atom stereocenters. The van der Waals surface area contributed by atoms with Crippen LogP contribution in [-0.2, 0) is 4.79 Å². The van der Waals surface area contributed by atoms with Gasteiger partial charge in [0.05, 0.1) is 5.92 Å². The maximum atomic E-state index is 14.1. The molecule has 1 aliphatic heterocycles. The molecule has 1 aromatic carbocycles. The molecule has 2 rings (SSSR count). The van der Waals surface area contributed by atoms with Gasteiger partial charge in [-0.05, 0) is 36.5 Å². The number of benzene rings is 1. The number of amides is 1. The minimum Gasteiger partial charge on any atom is -0.330 e. The summed E-state index contributed by atoms with van der Waals surface area (Å²) in [7, 11) is 0. The van der Waals surface area contributed by atoms with Crippen LogP contribution in [0.25, 0.3) is 0 Å². The summed E-state index contributed by atoms with van der Waals surface area (Å²) in [6.07, 6.45) is 0.931. The van der Waals surface area contributed by atoms with Gasteiger partial charge in [-0.1, -0.05) is 20.4 Å². The van der Waals surface area contributed by atoms with E-state index in [0.717, 1.165) is 0 Å². The van der Waals surface area contributed by atoms with Gasteiger partial charge in [0.2, 0.25) is 5.91 Å². The number of hydrogen-bond acceptors (Lipinski definition) is 1. The third-order valence-corrected chi connectivity index (χ3v) is 3.47. The zero-order valence-electron chi connectivity index (χ0n) is 11.1. The Kier molecular flexibility index (Phi) is 3.69. The average Bonchev–Trinajstić information content (AvgIpc) is 2.30. The van der Waals surface area contributed by atoms with Crippen molar-refractivity contribution >= 4 is 5.91 Å². The number of hydrogen-bond donors (Lipinski definition) is 1. The smallest absolute Gasteiger partial charge is 0.231 e.